The Labute approximate surface area is 185 Å². The second kappa shape index (κ2) is 9.40. The highest BCUT2D eigenvalue weighted by molar-refractivity contribution is 5.74. The van der Waals surface area contributed by atoms with Crippen molar-refractivity contribution in [3.05, 3.63) is 47.5 Å². The molecule has 1 aliphatic heterocycles. The predicted octanol–water partition coefficient (Wildman–Crippen LogP) is 3.43. The van der Waals surface area contributed by atoms with Crippen LogP contribution in [-0.2, 0) is 12.6 Å². The van der Waals surface area contributed by atoms with Gasteiger partial charge in [-0.2, -0.15) is 13.2 Å². The number of ether oxygens (including phenoxy) is 1. The first-order valence-corrected chi connectivity index (χ1v) is 10.5. The van der Waals surface area contributed by atoms with E-state index in [-0.39, 0.29) is 12.6 Å². The number of aromatic nitrogens is 2. The molecule has 176 valence electrons. The normalized spacial score (nSPS) is 17.2. The average Bonchev–Trinajstić information content (AvgIpc) is 3.16. The molecule has 1 atom stereocenters. The van der Waals surface area contributed by atoms with Gasteiger partial charge in [0.15, 0.2) is 0 Å². The standard InChI is InChI=1S/C22H29F3N4O3/c1-15-4-5-16(2)18(14-15)32-17-6-11-29(12-7-17)20(30)27-9-8-21(31,22(23,24)25)19-26-10-13-28(19)3/h4-5,10,13-14,17,31H,6-9,11-12H2,1-3H3,(H,27,30)/t21-/m0/s1. The first-order valence-electron chi connectivity index (χ1n) is 10.5. The van der Waals surface area contributed by atoms with Crippen molar-refractivity contribution in [1.82, 2.24) is 19.8 Å². The van der Waals surface area contributed by atoms with Gasteiger partial charge in [0.25, 0.3) is 0 Å². The van der Waals surface area contributed by atoms with Gasteiger partial charge < -0.3 is 24.6 Å². The quantitative estimate of drug-likeness (QED) is 0.701. The number of likely N-dealkylation sites (tertiary alicyclic amines) is 1. The van der Waals surface area contributed by atoms with Crippen LogP contribution in [0, 0.1) is 13.8 Å². The minimum absolute atomic E-state index is 0.0294. The van der Waals surface area contributed by atoms with E-state index < -0.39 is 30.1 Å². The van der Waals surface area contributed by atoms with Gasteiger partial charge in [0, 0.05) is 58.3 Å². The Balaban J connectivity index is 1.51. The van der Waals surface area contributed by atoms with E-state index in [4.69, 9.17) is 4.74 Å². The average molecular weight is 454 g/mol. The molecule has 10 heteroatoms. The number of hydrogen-bond donors (Lipinski definition) is 2. The third-order valence-corrected chi connectivity index (χ3v) is 5.79. The number of rotatable bonds is 6. The minimum atomic E-state index is -4.93. The lowest BCUT2D eigenvalue weighted by atomic mass is 9.97. The number of nitrogens with one attached hydrogen (secondary N) is 1. The predicted molar refractivity (Wildman–Crippen MR) is 112 cm³/mol. The van der Waals surface area contributed by atoms with Crippen LogP contribution in [-0.4, -0.2) is 57.5 Å². The van der Waals surface area contributed by atoms with Crippen molar-refractivity contribution in [2.45, 2.75) is 51.0 Å². The van der Waals surface area contributed by atoms with Crippen LogP contribution in [0.5, 0.6) is 5.75 Å². The molecule has 2 heterocycles. The van der Waals surface area contributed by atoms with Crippen molar-refractivity contribution in [2.75, 3.05) is 19.6 Å². The van der Waals surface area contributed by atoms with Gasteiger partial charge in [-0.05, 0) is 31.0 Å². The number of hydrogen-bond acceptors (Lipinski definition) is 4. The molecule has 0 unspecified atom stereocenters. The van der Waals surface area contributed by atoms with Gasteiger partial charge in [-0.3, -0.25) is 0 Å². The highest BCUT2D eigenvalue weighted by atomic mass is 19.4. The lowest BCUT2D eigenvalue weighted by Crippen LogP contribution is -2.49. The smallest absolute Gasteiger partial charge is 0.424 e. The lowest BCUT2D eigenvalue weighted by molar-refractivity contribution is -0.272. The van der Waals surface area contributed by atoms with Gasteiger partial charge in [-0.1, -0.05) is 12.1 Å². The Morgan fingerprint density at radius 2 is 1.97 bits per heavy atom. The van der Waals surface area contributed by atoms with Crippen LogP contribution >= 0.6 is 0 Å². The van der Waals surface area contributed by atoms with Crippen molar-refractivity contribution < 1.29 is 27.8 Å². The zero-order chi connectivity index (χ0) is 23.5. The summed E-state index contributed by atoms with van der Waals surface area (Å²) >= 11 is 0. The Morgan fingerprint density at radius 3 is 2.56 bits per heavy atom. The molecule has 0 spiro atoms. The van der Waals surface area contributed by atoms with Crippen molar-refractivity contribution in [3.63, 3.8) is 0 Å². The van der Waals surface area contributed by atoms with Crippen molar-refractivity contribution in [2.24, 2.45) is 7.05 Å². The highest BCUT2D eigenvalue weighted by Gasteiger charge is 2.57. The number of urea groups is 1. The minimum Gasteiger partial charge on any atom is -0.490 e. The topological polar surface area (TPSA) is 79.6 Å². The van der Waals surface area contributed by atoms with Crippen LogP contribution in [0.3, 0.4) is 0 Å². The van der Waals surface area contributed by atoms with E-state index in [2.05, 4.69) is 10.3 Å². The molecule has 1 aliphatic rings. The Kier molecular flexibility index (Phi) is 7.02. The summed E-state index contributed by atoms with van der Waals surface area (Å²) in [5.74, 6) is 0.317. The number of alkyl halides is 3. The number of carbonyl (C=O) groups is 1. The van der Waals surface area contributed by atoms with Gasteiger partial charge in [0.1, 0.15) is 17.7 Å². The molecule has 0 bridgehead atoms. The van der Waals surface area contributed by atoms with E-state index in [0.717, 1.165) is 21.4 Å². The molecular weight excluding hydrogens is 425 g/mol. The molecular formula is C22H29F3N4O3. The van der Waals surface area contributed by atoms with Gasteiger partial charge in [0.2, 0.25) is 5.60 Å². The van der Waals surface area contributed by atoms with E-state index in [1.165, 1.54) is 19.4 Å². The molecule has 1 saturated heterocycles. The van der Waals surface area contributed by atoms with Crippen LogP contribution in [0.25, 0.3) is 0 Å². The Morgan fingerprint density at radius 1 is 1.28 bits per heavy atom. The first-order chi connectivity index (χ1) is 15.0. The number of aliphatic hydroxyl groups is 1. The van der Waals surface area contributed by atoms with Gasteiger partial charge in [-0.15, -0.1) is 0 Å². The number of carbonyl (C=O) groups excluding carboxylic acids is 1. The number of imidazole rings is 1. The Hall–Kier alpha value is -2.75. The summed E-state index contributed by atoms with van der Waals surface area (Å²) in [7, 11) is 1.38. The monoisotopic (exact) mass is 454 g/mol. The molecule has 1 fully saturated rings. The fourth-order valence-electron chi connectivity index (χ4n) is 3.80. The maximum atomic E-state index is 13.6. The maximum absolute atomic E-state index is 13.6. The first kappa shape index (κ1) is 23.9. The number of halogens is 3. The lowest BCUT2D eigenvalue weighted by Gasteiger charge is -2.33. The molecule has 7 nitrogen and oxygen atoms in total. The number of aryl methyl sites for hydroxylation is 3. The van der Waals surface area contributed by atoms with Crippen molar-refractivity contribution >= 4 is 6.03 Å². The third-order valence-electron chi connectivity index (χ3n) is 5.79. The molecule has 0 radical (unpaired) electrons. The fourth-order valence-corrected chi connectivity index (χ4v) is 3.80. The van der Waals surface area contributed by atoms with E-state index >= 15 is 0 Å². The van der Waals surface area contributed by atoms with Crippen molar-refractivity contribution in [3.8, 4) is 5.75 Å². The second-order valence-electron chi connectivity index (χ2n) is 8.27. The van der Waals surface area contributed by atoms with Crippen LogP contribution in [0.2, 0.25) is 0 Å². The largest absolute Gasteiger partial charge is 0.490 e. The Bertz CT molecular complexity index is 939. The molecule has 2 aromatic rings. The molecule has 2 amide bonds. The molecule has 0 saturated carbocycles. The van der Waals surface area contributed by atoms with E-state index in [0.29, 0.717) is 25.9 Å². The summed E-state index contributed by atoms with van der Waals surface area (Å²) in [6, 6.07) is 5.54. The van der Waals surface area contributed by atoms with E-state index in [9.17, 15) is 23.1 Å². The molecule has 3 rings (SSSR count). The molecule has 32 heavy (non-hydrogen) atoms. The highest BCUT2D eigenvalue weighted by Crippen LogP contribution is 2.40. The number of amides is 2. The van der Waals surface area contributed by atoms with Crippen LogP contribution in [0.15, 0.2) is 30.6 Å². The summed E-state index contributed by atoms with van der Waals surface area (Å²) < 4.78 is 47.9. The number of piperidine rings is 1. The zero-order valence-electron chi connectivity index (χ0n) is 18.4. The summed E-state index contributed by atoms with van der Waals surface area (Å²) in [4.78, 5) is 17.6. The SMILES string of the molecule is Cc1ccc(C)c(OC2CCN(C(=O)NCC[C@](O)(c3nccn3C)C(F)(F)F)CC2)c1. The molecule has 1 aromatic heterocycles. The maximum Gasteiger partial charge on any atom is 0.424 e. The zero-order valence-corrected chi connectivity index (χ0v) is 18.4. The number of nitrogens with zero attached hydrogens (tertiary/aromatic N) is 3. The van der Waals surface area contributed by atoms with Gasteiger partial charge in [0.05, 0.1) is 0 Å². The van der Waals surface area contributed by atoms with Crippen molar-refractivity contribution in [1.29, 1.82) is 0 Å². The third kappa shape index (κ3) is 5.17. The summed E-state index contributed by atoms with van der Waals surface area (Å²) in [5.41, 5.74) is -1.00. The van der Waals surface area contributed by atoms with Gasteiger partial charge >= 0.3 is 12.2 Å². The fraction of sp³-hybridized carbons (Fsp3) is 0.545. The second-order valence-corrected chi connectivity index (χ2v) is 8.27. The van der Waals surface area contributed by atoms with E-state index in [1.54, 1.807) is 4.90 Å². The van der Waals surface area contributed by atoms with Crippen LogP contribution < -0.4 is 10.1 Å². The summed E-state index contributed by atoms with van der Waals surface area (Å²) in [6.07, 6.45) is -1.93. The van der Waals surface area contributed by atoms with E-state index in [1.807, 2.05) is 32.0 Å². The van der Waals surface area contributed by atoms with Crippen LogP contribution in [0.4, 0.5) is 18.0 Å². The molecule has 2 N–H and O–H groups in total. The molecule has 1 aromatic carbocycles. The van der Waals surface area contributed by atoms with Crippen LogP contribution in [0.1, 0.15) is 36.2 Å². The number of benzene rings is 1. The summed E-state index contributed by atoms with van der Waals surface area (Å²) in [5, 5.41) is 12.8. The van der Waals surface area contributed by atoms with Gasteiger partial charge in [-0.25, -0.2) is 9.78 Å². The summed E-state index contributed by atoms with van der Waals surface area (Å²) in [6.45, 7) is 4.49. The molecule has 0 aliphatic carbocycles.